The molecule has 0 amide bonds. The smallest absolute Gasteiger partial charge is 0.309 e. The molecule has 7 heteroatoms. The molecule has 1 aromatic carbocycles. The Morgan fingerprint density at radius 1 is 1.45 bits per heavy atom. The summed E-state index contributed by atoms with van der Waals surface area (Å²) in [6, 6.07) is 4.26. The van der Waals surface area contributed by atoms with Gasteiger partial charge in [0.05, 0.1) is 17.4 Å². The zero-order chi connectivity index (χ0) is 16.1. The first-order chi connectivity index (χ1) is 10.6. The van der Waals surface area contributed by atoms with Crippen LogP contribution >= 0.6 is 0 Å². The Morgan fingerprint density at radius 3 is 2.68 bits per heavy atom. The number of piperidine rings is 1. The Hall–Kier alpha value is -2.44. The van der Waals surface area contributed by atoms with Gasteiger partial charge in [-0.05, 0) is 25.8 Å². The van der Waals surface area contributed by atoms with Gasteiger partial charge in [-0.25, -0.2) is 0 Å². The fraction of sp³-hybridized carbons (Fsp3) is 0.467. The number of rotatable bonds is 5. The van der Waals surface area contributed by atoms with Crippen LogP contribution in [0.25, 0.3) is 0 Å². The third-order valence-electron chi connectivity index (χ3n) is 3.80. The summed E-state index contributed by atoms with van der Waals surface area (Å²) in [7, 11) is 0. The Bertz CT molecular complexity index is 579. The van der Waals surface area contributed by atoms with Crippen molar-refractivity contribution < 1.29 is 19.2 Å². The van der Waals surface area contributed by atoms with Gasteiger partial charge in [0, 0.05) is 36.5 Å². The lowest BCUT2D eigenvalue weighted by Gasteiger charge is -2.33. The molecule has 1 saturated heterocycles. The Balaban J connectivity index is 2.09. The minimum absolute atomic E-state index is 0.104. The quantitative estimate of drug-likeness (QED) is 0.358. The van der Waals surface area contributed by atoms with Crippen molar-refractivity contribution in [2.24, 2.45) is 5.92 Å². The van der Waals surface area contributed by atoms with Gasteiger partial charge < -0.3 is 9.64 Å². The number of hydrogen-bond acceptors (Lipinski definition) is 6. The topological polar surface area (TPSA) is 89.8 Å². The lowest BCUT2D eigenvalue weighted by molar-refractivity contribution is -0.384. The maximum absolute atomic E-state index is 11.7. The number of nitrogens with zero attached hydrogens (tertiary/aromatic N) is 2. The fourth-order valence-electron chi connectivity index (χ4n) is 2.65. The lowest BCUT2D eigenvalue weighted by atomic mass is 9.96. The van der Waals surface area contributed by atoms with Gasteiger partial charge in [0.2, 0.25) is 0 Å². The standard InChI is InChI=1S/C15H18N2O5/c1-2-22-15(19)11-5-7-16(8-6-11)14-4-3-13(17(20)21)9-12(14)10-18/h3-4,9-11H,2,5-8H2,1H3. The molecule has 0 bridgehead atoms. The minimum atomic E-state index is -0.524. The Labute approximate surface area is 128 Å². The van der Waals surface area contributed by atoms with Gasteiger partial charge in [0.1, 0.15) is 0 Å². The molecular formula is C15H18N2O5. The highest BCUT2D eigenvalue weighted by molar-refractivity contribution is 5.86. The zero-order valence-electron chi connectivity index (χ0n) is 12.4. The van der Waals surface area contributed by atoms with Crippen molar-refractivity contribution in [2.75, 3.05) is 24.6 Å². The van der Waals surface area contributed by atoms with Crippen LogP contribution in [0.2, 0.25) is 0 Å². The number of non-ortho nitro benzene ring substituents is 1. The van der Waals surface area contributed by atoms with E-state index in [9.17, 15) is 19.7 Å². The Morgan fingerprint density at radius 2 is 2.14 bits per heavy atom. The van der Waals surface area contributed by atoms with E-state index in [-0.39, 0.29) is 17.6 Å². The number of esters is 1. The highest BCUT2D eigenvalue weighted by Gasteiger charge is 2.27. The molecule has 1 heterocycles. The first-order valence-electron chi connectivity index (χ1n) is 7.22. The van der Waals surface area contributed by atoms with Gasteiger partial charge in [-0.1, -0.05) is 0 Å². The molecule has 0 radical (unpaired) electrons. The van der Waals surface area contributed by atoms with Crippen molar-refractivity contribution in [1.29, 1.82) is 0 Å². The maximum Gasteiger partial charge on any atom is 0.309 e. The number of nitro benzene ring substituents is 1. The maximum atomic E-state index is 11.7. The molecule has 1 aliphatic heterocycles. The predicted octanol–water partition coefficient (Wildman–Crippen LogP) is 2.19. The molecule has 0 unspecified atom stereocenters. The molecule has 1 aromatic rings. The number of hydrogen-bond donors (Lipinski definition) is 0. The lowest BCUT2D eigenvalue weighted by Crippen LogP contribution is -2.37. The van der Waals surface area contributed by atoms with Gasteiger partial charge in [0.15, 0.2) is 6.29 Å². The summed E-state index contributed by atoms with van der Waals surface area (Å²) >= 11 is 0. The minimum Gasteiger partial charge on any atom is -0.466 e. The number of benzene rings is 1. The van der Waals surface area contributed by atoms with Crippen LogP contribution in [0, 0.1) is 16.0 Å². The molecule has 118 valence electrons. The van der Waals surface area contributed by atoms with Crippen LogP contribution in [0.5, 0.6) is 0 Å². The molecule has 0 aromatic heterocycles. The third kappa shape index (κ3) is 3.41. The van der Waals surface area contributed by atoms with Gasteiger partial charge in [-0.3, -0.25) is 19.7 Å². The summed E-state index contributed by atoms with van der Waals surface area (Å²) in [5.41, 5.74) is 0.860. The summed E-state index contributed by atoms with van der Waals surface area (Å²) in [5.74, 6) is -0.296. The van der Waals surface area contributed by atoms with Crippen molar-refractivity contribution in [3.63, 3.8) is 0 Å². The normalized spacial score (nSPS) is 15.4. The van der Waals surface area contributed by atoms with Crippen molar-refractivity contribution in [1.82, 2.24) is 0 Å². The van der Waals surface area contributed by atoms with E-state index >= 15 is 0 Å². The molecule has 0 aliphatic carbocycles. The number of nitro groups is 1. The number of aldehydes is 1. The molecule has 0 atom stereocenters. The SMILES string of the molecule is CCOC(=O)C1CCN(c2ccc([N+](=O)[O-])cc2C=O)CC1. The largest absolute Gasteiger partial charge is 0.466 e. The molecule has 1 fully saturated rings. The molecule has 0 spiro atoms. The molecule has 0 N–H and O–H groups in total. The summed E-state index contributed by atoms with van der Waals surface area (Å²) in [6.07, 6.45) is 1.92. The van der Waals surface area contributed by atoms with Crippen molar-refractivity contribution in [3.8, 4) is 0 Å². The number of carbonyl (C=O) groups excluding carboxylic acids is 2. The van der Waals surface area contributed by atoms with Crippen molar-refractivity contribution in [2.45, 2.75) is 19.8 Å². The molecular weight excluding hydrogens is 288 g/mol. The summed E-state index contributed by atoms with van der Waals surface area (Å²) in [5, 5.41) is 10.8. The zero-order valence-corrected chi connectivity index (χ0v) is 12.4. The van der Waals surface area contributed by atoms with E-state index in [1.165, 1.54) is 12.1 Å². The molecule has 1 aliphatic rings. The Kier molecular flexibility index (Phi) is 5.08. The molecule has 0 saturated carbocycles. The predicted molar refractivity (Wildman–Crippen MR) is 80.1 cm³/mol. The molecule has 7 nitrogen and oxygen atoms in total. The van der Waals surface area contributed by atoms with Crippen LogP contribution in [-0.4, -0.2) is 36.9 Å². The second kappa shape index (κ2) is 7.02. The third-order valence-corrected chi connectivity index (χ3v) is 3.80. The van der Waals surface area contributed by atoms with Crippen molar-refractivity contribution >= 4 is 23.6 Å². The van der Waals surface area contributed by atoms with Gasteiger partial charge in [-0.15, -0.1) is 0 Å². The first kappa shape index (κ1) is 15.9. The summed E-state index contributed by atoms with van der Waals surface area (Å²) in [4.78, 5) is 35.1. The fourth-order valence-corrected chi connectivity index (χ4v) is 2.65. The average Bonchev–Trinajstić information content (AvgIpc) is 2.54. The van der Waals surface area contributed by atoms with E-state index < -0.39 is 4.92 Å². The van der Waals surface area contributed by atoms with E-state index in [4.69, 9.17) is 4.74 Å². The van der Waals surface area contributed by atoms with Crippen molar-refractivity contribution in [3.05, 3.63) is 33.9 Å². The van der Waals surface area contributed by atoms with E-state index in [2.05, 4.69) is 0 Å². The van der Waals surface area contributed by atoms with Crippen LogP contribution < -0.4 is 4.90 Å². The molecule has 2 rings (SSSR count). The highest BCUT2D eigenvalue weighted by atomic mass is 16.6. The van der Waals surface area contributed by atoms with E-state index in [1.54, 1.807) is 13.0 Å². The second-order valence-electron chi connectivity index (χ2n) is 5.13. The van der Waals surface area contributed by atoms with Gasteiger partial charge in [0.25, 0.3) is 5.69 Å². The monoisotopic (exact) mass is 306 g/mol. The summed E-state index contributed by atoms with van der Waals surface area (Å²) in [6.45, 7) is 3.38. The van der Waals surface area contributed by atoms with E-state index in [1.807, 2.05) is 4.90 Å². The van der Waals surface area contributed by atoms with Gasteiger partial charge in [-0.2, -0.15) is 0 Å². The second-order valence-corrected chi connectivity index (χ2v) is 5.13. The number of carbonyl (C=O) groups is 2. The average molecular weight is 306 g/mol. The number of ether oxygens (including phenoxy) is 1. The van der Waals surface area contributed by atoms with Crippen LogP contribution in [0.1, 0.15) is 30.1 Å². The van der Waals surface area contributed by atoms with Crippen LogP contribution in [0.3, 0.4) is 0 Å². The van der Waals surface area contributed by atoms with E-state index in [0.29, 0.717) is 50.1 Å². The summed E-state index contributed by atoms with van der Waals surface area (Å²) < 4.78 is 5.02. The van der Waals surface area contributed by atoms with Crippen LogP contribution in [0.15, 0.2) is 18.2 Å². The van der Waals surface area contributed by atoms with Crippen LogP contribution in [0.4, 0.5) is 11.4 Å². The van der Waals surface area contributed by atoms with Gasteiger partial charge >= 0.3 is 5.97 Å². The molecule has 22 heavy (non-hydrogen) atoms. The van der Waals surface area contributed by atoms with E-state index in [0.717, 1.165) is 0 Å². The number of anilines is 1. The highest BCUT2D eigenvalue weighted by Crippen LogP contribution is 2.28. The first-order valence-corrected chi connectivity index (χ1v) is 7.22. The van der Waals surface area contributed by atoms with Crippen LogP contribution in [-0.2, 0) is 9.53 Å².